The number of carboxylic acid groups (broad SMARTS) is 1. The average molecular weight is 358 g/mol. The number of carbonyl (C=O) groups excluding carboxylic acids is 2. The summed E-state index contributed by atoms with van der Waals surface area (Å²) >= 11 is 0. The summed E-state index contributed by atoms with van der Waals surface area (Å²) in [4.78, 5) is 40.5. The van der Waals surface area contributed by atoms with Gasteiger partial charge in [-0.25, -0.2) is 4.79 Å². The zero-order valence-electron chi connectivity index (χ0n) is 13.9. The first-order chi connectivity index (χ1) is 11.8. The lowest BCUT2D eigenvalue weighted by molar-refractivity contribution is -0.149. The number of aliphatic hydroxyl groups excluding tert-OH is 1. The van der Waals surface area contributed by atoms with E-state index < -0.39 is 42.5 Å². The van der Waals surface area contributed by atoms with Crippen molar-refractivity contribution in [1.82, 2.24) is 10.2 Å². The molecule has 0 spiro atoms. The minimum absolute atomic E-state index is 0.0532. The Morgan fingerprint density at radius 2 is 2.00 bits per heavy atom. The number of aliphatic imine (C=N–C) groups is 1. The molecule has 0 radical (unpaired) electrons. The summed E-state index contributed by atoms with van der Waals surface area (Å²) in [5.41, 5.74) is 16.1. The van der Waals surface area contributed by atoms with Crippen LogP contribution in [0.15, 0.2) is 4.99 Å². The van der Waals surface area contributed by atoms with Gasteiger partial charge in [-0.15, -0.1) is 0 Å². The highest BCUT2D eigenvalue weighted by Gasteiger charge is 2.37. The second kappa shape index (κ2) is 9.79. The standard InChI is InChI=1S/C14H26N6O5/c15-8(3-1-5-18-14(16)17)11(22)19-9(7-21)12(23)20-6-2-4-10(20)13(24)25/h8-10,21H,1-7,15H2,(H,19,22)(H,24,25)(H4,16,17,18)/t8-,9-,10-/m0/s1. The predicted octanol–water partition coefficient (Wildman–Crippen LogP) is -3.08. The van der Waals surface area contributed by atoms with E-state index in [0.717, 1.165) is 4.90 Å². The first-order valence-corrected chi connectivity index (χ1v) is 8.03. The van der Waals surface area contributed by atoms with Gasteiger partial charge in [0, 0.05) is 13.1 Å². The number of aliphatic carboxylic acids is 1. The van der Waals surface area contributed by atoms with Crippen LogP contribution in [0.1, 0.15) is 25.7 Å². The van der Waals surface area contributed by atoms with E-state index in [-0.39, 0.29) is 18.9 Å². The molecule has 2 amide bonds. The summed E-state index contributed by atoms with van der Waals surface area (Å²) in [6.45, 7) is -0.0549. The highest BCUT2D eigenvalue weighted by Crippen LogP contribution is 2.18. The second-order valence-corrected chi connectivity index (χ2v) is 5.83. The highest BCUT2D eigenvalue weighted by atomic mass is 16.4. The summed E-state index contributed by atoms with van der Waals surface area (Å²) in [6.07, 6.45) is 1.66. The van der Waals surface area contributed by atoms with Crippen molar-refractivity contribution in [3.05, 3.63) is 0 Å². The SMILES string of the molecule is NC(N)=NCCC[C@H](N)C(=O)N[C@@H](CO)C(=O)N1CCC[C@H]1C(=O)O. The number of hydrogen-bond acceptors (Lipinski definition) is 6. The van der Waals surface area contributed by atoms with Gasteiger partial charge in [0.2, 0.25) is 11.8 Å². The Bertz CT molecular complexity index is 522. The van der Waals surface area contributed by atoms with Gasteiger partial charge in [-0.2, -0.15) is 0 Å². The summed E-state index contributed by atoms with van der Waals surface area (Å²) in [5, 5.41) is 20.9. The lowest BCUT2D eigenvalue weighted by Gasteiger charge is -2.27. The van der Waals surface area contributed by atoms with E-state index in [4.69, 9.17) is 22.3 Å². The summed E-state index contributed by atoms with van der Waals surface area (Å²) < 4.78 is 0. The van der Waals surface area contributed by atoms with Gasteiger partial charge in [0.25, 0.3) is 0 Å². The highest BCUT2D eigenvalue weighted by molar-refractivity contribution is 5.92. The lowest BCUT2D eigenvalue weighted by Crippen LogP contribution is -2.55. The van der Waals surface area contributed by atoms with Crippen molar-refractivity contribution in [3.63, 3.8) is 0 Å². The fourth-order valence-electron chi connectivity index (χ4n) is 2.60. The maximum Gasteiger partial charge on any atom is 0.326 e. The first kappa shape index (κ1) is 20.6. The molecule has 9 N–H and O–H groups in total. The molecule has 0 bridgehead atoms. The Hall–Kier alpha value is -2.40. The van der Waals surface area contributed by atoms with Crippen LogP contribution in [0.4, 0.5) is 0 Å². The van der Waals surface area contributed by atoms with E-state index in [9.17, 15) is 19.5 Å². The van der Waals surface area contributed by atoms with Crippen molar-refractivity contribution in [2.24, 2.45) is 22.2 Å². The maximum absolute atomic E-state index is 12.4. The van der Waals surface area contributed by atoms with Crippen LogP contribution in [-0.4, -0.2) is 76.7 Å². The van der Waals surface area contributed by atoms with Crippen molar-refractivity contribution >= 4 is 23.7 Å². The Morgan fingerprint density at radius 1 is 1.32 bits per heavy atom. The third-order valence-electron chi connectivity index (χ3n) is 3.92. The smallest absolute Gasteiger partial charge is 0.326 e. The summed E-state index contributed by atoms with van der Waals surface area (Å²) in [6, 6.07) is -3.06. The molecule has 1 rings (SSSR count). The molecule has 0 aromatic carbocycles. The maximum atomic E-state index is 12.4. The van der Waals surface area contributed by atoms with Gasteiger partial charge in [-0.3, -0.25) is 14.6 Å². The molecule has 1 aliphatic rings. The van der Waals surface area contributed by atoms with Crippen LogP contribution in [0.3, 0.4) is 0 Å². The molecule has 0 aliphatic carbocycles. The summed E-state index contributed by atoms with van der Waals surface area (Å²) in [7, 11) is 0. The van der Waals surface area contributed by atoms with Crippen molar-refractivity contribution in [2.75, 3.05) is 19.7 Å². The third kappa shape index (κ3) is 6.19. The topological polar surface area (TPSA) is 197 Å². The van der Waals surface area contributed by atoms with Gasteiger partial charge in [-0.05, 0) is 25.7 Å². The molecule has 1 heterocycles. The van der Waals surface area contributed by atoms with Crippen LogP contribution in [0.25, 0.3) is 0 Å². The van der Waals surface area contributed by atoms with Gasteiger partial charge < -0.3 is 37.6 Å². The molecular formula is C14H26N6O5. The largest absolute Gasteiger partial charge is 0.480 e. The lowest BCUT2D eigenvalue weighted by atomic mass is 10.1. The average Bonchev–Trinajstić information content (AvgIpc) is 3.05. The van der Waals surface area contributed by atoms with Gasteiger partial charge >= 0.3 is 5.97 Å². The van der Waals surface area contributed by atoms with E-state index in [1.165, 1.54) is 0 Å². The third-order valence-corrected chi connectivity index (χ3v) is 3.92. The fourth-order valence-corrected chi connectivity index (χ4v) is 2.60. The van der Waals surface area contributed by atoms with Crippen LogP contribution in [0.5, 0.6) is 0 Å². The molecule has 142 valence electrons. The van der Waals surface area contributed by atoms with E-state index in [2.05, 4.69) is 10.3 Å². The van der Waals surface area contributed by atoms with Crippen LogP contribution < -0.4 is 22.5 Å². The van der Waals surface area contributed by atoms with Gasteiger partial charge in [-0.1, -0.05) is 0 Å². The van der Waals surface area contributed by atoms with Crippen molar-refractivity contribution in [2.45, 2.75) is 43.8 Å². The minimum atomic E-state index is -1.23. The van der Waals surface area contributed by atoms with Crippen molar-refractivity contribution in [1.29, 1.82) is 0 Å². The molecule has 0 aromatic heterocycles. The van der Waals surface area contributed by atoms with Crippen LogP contribution >= 0.6 is 0 Å². The van der Waals surface area contributed by atoms with Crippen LogP contribution in [0, 0.1) is 0 Å². The molecule has 1 saturated heterocycles. The van der Waals surface area contributed by atoms with Gasteiger partial charge in [0.05, 0.1) is 12.6 Å². The Labute approximate surface area is 145 Å². The van der Waals surface area contributed by atoms with E-state index >= 15 is 0 Å². The number of hydrogen-bond donors (Lipinski definition) is 6. The van der Waals surface area contributed by atoms with E-state index in [1.54, 1.807) is 0 Å². The van der Waals surface area contributed by atoms with Crippen LogP contribution in [-0.2, 0) is 14.4 Å². The molecule has 3 atom stereocenters. The zero-order valence-corrected chi connectivity index (χ0v) is 13.9. The summed E-state index contributed by atoms with van der Waals surface area (Å²) in [5.74, 6) is -2.40. The monoisotopic (exact) mass is 358 g/mol. The molecule has 11 nitrogen and oxygen atoms in total. The number of nitrogens with one attached hydrogen (secondary N) is 1. The van der Waals surface area contributed by atoms with E-state index in [1.807, 2.05) is 0 Å². The van der Waals surface area contributed by atoms with E-state index in [0.29, 0.717) is 25.8 Å². The normalized spacial score (nSPS) is 19.1. The minimum Gasteiger partial charge on any atom is -0.480 e. The number of carboxylic acids is 1. The van der Waals surface area contributed by atoms with Gasteiger partial charge in [0.15, 0.2) is 5.96 Å². The van der Waals surface area contributed by atoms with Gasteiger partial charge in [0.1, 0.15) is 12.1 Å². The molecule has 1 fully saturated rings. The number of rotatable bonds is 9. The molecule has 0 aromatic rings. The molecular weight excluding hydrogens is 332 g/mol. The Balaban J connectivity index is 2.56. The number of carbonyl (C=O) groups is 3. The number of aliphatic hydroxyl groups is 1. The number of nitrogens with zero attached hydrogens (tertiary/aromatic N) is 2. The number of nitrogens with two attached hydrogens (primary N) is 3. The number of guanidine groups is 1. The Kier molecular flexibility index (Phi) is 8.08. The predicted molar refractivity (Wildman–Crippen MR) is 89.3 cm³/mol. The Morgan fingerprint density at radius 3 is 2.56 bits per heavy atom. The number of likely N-dealkylation sites (tertiary alicyclic amines) is 1. The quantitative estimate of drug-likeness (QED) is 0.142. The van der Waals surface area contributed by atoms with Crippen molar-refractivity contribution < 1.29 is 24.6 Å². The second-order valence-electron chi connectivity index (χ2n) is 5.83. The molecule has 0 unspecified atom stereocenters. The van der Waals surface area contributed by atoms with Crippen LogP contribution in [0.2, 0.25) is 0 Å². The first-order valence-electron chi connectivity index (χ1n) is 8.03. The molecule has 11 heteroatoms. The zero-order chi connectivity index (χ0) is 19.0. The fraction of sp³-hybridized carbons (Fsp3) is 0.714. The number of amides is 2. The molecule has 25 heavy (non-hydrogen) atoms. The molecule has 1 aliphatic heterocycles. The van der Waals surface area contributed by atoms with Crippen molar-refractivity contribution in [3.8, 4) is 0 Å². The molecule has 0 saturated carbocycles.